The summed E-state index contributed by atoms with van der Waals surface area (Å²) in [6.07, 6.45) is 0. The number of nitrogens with zero attached hydrogens (tertiary/aromatic N) is 1. The summed E-state index contributed by atoms with van der Waals surface area (Å²) in [5.41, 5.74) is 6.67. The van der Waals surface area contributed by atoms with Crippen molar-refractivity contribution in [2.24, 2.45) is 5.73 Å². The van der Waals surface area contributed by atoms with Crippen LogP contribution in [0, 0.1) is 0 Å². The van der Waals surface area contributed by atoms with Crippen LogP contribution in [0.3, 0.4) is 0 Å². The van der Waals surface area contributed by atoms with E-state index in [4.69, 9.17) is 10.5 Å². The topological polar surface area (TPSA) is 38.5 Å². The molecule has 0 heterocycles. The van der Waals surface area contributed by atoms with Gasteiger partial charge in [0.1, 0.15) is 5.75 Å². The second kappa shape index (κ2) is 6.10. The number of ether oxygens (including phenoxy) is 1. The van der Waals surface area contributed by atoms with Crippen LogP contribution < -0.4 is 10.5 Å². The van der Waals surface area contributed by atoms with Crippen molar-refractivity contribution >= 4 is 15.9 Å². The molecule has 0 radical (unpaired) electrons. The lowest BCUT2D eigenvalue weighted by molar-refractivity contribution is 0.325. The molecule has 0 unspecified atom stereocenters. The molecule has 1 aromatic carbocycles. The van der Waals surface area contributed by atoms with Crippen LogP contribution in [0.2, 0.25) is 0 Å². The van der Waals surface area contributed by atoms with Gasteiger partial charge in [0.15, 0.2) is 0 Å². The van der Waals surface area contributed by atoms with Crippen LogP contribution in [0.1, 0.15) is 5.56 Å². The molecule has 15 heavy (non-hydrogen) atoms. The molecule has 3 nitrogen and oxygen atoms in total. The molecule has 1 rings (SSSR count). The van der Waals surface area contributed by atoms with Crippen LogP contribution in [0.5, 0.6) is 5.75 Å². The van der Waals surface area contributed by atoms with Crippen LogP contribution in [-0.2, 0) is 6.54 Å². The third-order valence-corrected chi connectivity index (χ3v) is 2.69. The molecular formula is C11H17BrN2O. The summed E-state index contributed by atoms with van der Waals surface area (Å²) in [5, 5.41) is 0. The van der Waals surface area contributed by atoms with Gasteiger partial charge in [-0.05, 0) is 19.2 Å². The van der Waals surface area contributed by atoms with Crippen molar-refractivity contribution in [1.29, 1.82) is 0 Å². The molecule has 2 N–H and O–H groups in total. The lowest BCUT2D eigenvalue weighted by atomic mass is 10.2. The van der Waals surface area contributed by atoms with Gasteiger partial charge in [0.2, 0.25) is 0 Å². The lowest BCUT2D eigenvalue weighted by Gasteiger charge is -2.17. The van der Waals surface area contributed by atoms with E-state index in [1.165, 1.54) is 5.56 Å². The maximum atomic E-state index is 5.50. The van der Waals surface area contributed by atoms with Crippen molar-refractivity contribution in [3.63, 3.8) is 0 Å². The zero-order chi connectivity index (χ0) is 11.3. The van der Waals surface area contributed by atoms with Crippen molar-refractivity contribution < 1.29 is 4.74 Å². The quantitative estimate of drug-likeness (QED) is 0.889. The first-order chi connectivity index (χ1) is 7.17. The van der Waals surface area contributed by atoms with E-state index >= 15 is 0 Å². The lowest BCUT2D eigenvalue weighted by Crippen LogP contribution is -2.25. The minimum absolute atomic E-state index is 0.676. The minimum atomic E-state index is 0.676. The highest BCUT2D eigenvalue weighted by atomic mass is 79.9. The summed E-state index contributed by atoms with van der Waals surface area (Å²) in [6, 6.07) is 6.07. The number of rotatable bonds is 5. The van der Waals surface area contributed by atoms with Crippen LogP contribution in [0.4, 0.5) is 0 Å². The Morgan fingerprint density at radius 2 is 2.20 bits per heavy atom. The van der Waals surface area contributed by atoms with E-state index in [-0.39, 0.29) is 0 Å². The summed E-state index contributed by atoms with van der Waals surface area (Å²) in [6.45, 7) is 2.42. The standard InChI is InChI=1S/C11H17BrN2O/c1-14(6-5-13)8-9-3-4-10(12)7-11(9)15-2/h3-4,7H,5-6,8,13H2,1-2H3. The molecule has 1 aromatic rings. The second-order valence-electron chi connectivity index (χ2n) is 3.48. The SMILES string of the molecule is COc1cc(Br)ccc1CN(C)CCN. The van der Waals surface area contributed by atoms with E-state index < -0.39 is 0 Å². The molecule has 4 heteroatoms. The normalized spacial score (nSPS) is 10.7. The summed E-state index contributed by atoms with van der Waals surface area (Å²) < 4.78 is 6.35. The predicted octanol–water partition coefficient (Wildman–Crippen LogP) is 1.85. The monoisotopic (exact) mass is 272 g/mol. The van der Waals surface area contributed by atoms with E-state index in [0.717, 1.165) is 23.3 Å². The molecule has 0 amide bonds. The van der Waals surface area contributed by atoms with Crippen molar-refractivity contribution in [2.75, 3.05) is 27.2 Å². The Hall–Kier alpha value is -0.580. The first-order valence-corrected chi connectivity index (χ1v) is 5.67. The number of methoxy groups -OCH3 is 1. The number of hydrogen-bond donors (Lipinski definition) is 1. The Morgan fingerprint density at radius 1 is 1.47 bits per heavy atom. The Balaban J connectivity index is 2.75. The Morgan fingerprint density at radius 3 is 2.80 bits per heavy atom. The number of likely N-dealkylation sites (N-methyl/N-ethyl adjacent to an activating group) is 1. The molecule has 0 saturated heterocycles. The molecule has 0 aliphatic carbocycles. The first-order valence-electron chi connectivity index (χ1n) is 4.88. The molecule has 0 aliphatic heterocycles. The average molecular weight is 273 g/mol. The van der Waals surface area contributed by atoms with Gasteiger partial charge in [-0.1, -0.05) is 22.0 Å². The molecule has 0 saturated carbocycles. The van der Waals surface area contributed by atoms with Crippen LogP contribution in [0.25, 0.3) is 0 Å². The number of nitrogens with two attached hydrogens (primary N) is 1. The molecule has 84 valence electrons. The maximum Gasteiger partial charge on any atom is 0.124 e. The summed E-state index contributed by atoms with van der Waals surface area (Å²) in [5.74, 6) is 0.910. The van der Waals surface area contributed by atoms with E-state index in [2.05, 4.69) is 26.9 Å². The molecule has 0 aliphatic rings. The van der Waals surface area contributed by atoms with Crippen LogP contribution >= 0.6 is 15.9 Å². The molecule has 0 fully saturated rings. The molecule has 0 atom stereocenters. The van der Waals surface area contributed by atoms with Crippen molar-refractivity contribution in [3.8, 4) is 5.75 Å². The highest BCUT2D eigenvalue weighted by Crippen LogP contribution is 2.24. The van der Waals surface area contributed by atoms with Gasteiger partial charge in [-0.3, -0.25) is 0 Å². The first kappa shape index (κ1) is 12.5. The maximum absolute atomic E-state index is 5.50. The van der Waals surface area contributed by atoms with Crippen LogP contribution in [-0.4, -0.2) is 32.1 Å². The van der Waals surface area contributed by atoms with E-state index in [9.17, 15) is 0 Å². The highest BCUT2D eigenvalue weighted by molar-refractivity contribution is 9.10. The van der Waals surface area contributed by atoms with E-state index in [0.29, 0.717) is 6.54 Å². The Bertz CT molecular complexity index is 317. The van der Waals surface area contributed by atoms with E-state index in [1.54, 1.807) is 7.11 Å². The summed E-state index contributed by atoms with van der Waals surface area (Å²) in [7, 11) is 3.74. The minimum Gasteiger partial charge on any atom is -0.496 e. The van der Waals surface area contributed by atoms with Crippen molar-refractivity contribution in [1.82, 2.24) is 4.90 Å². The summed E-state index contributed by atoms with van der Waals surface area (Å²) >= 11 is 3.42. The molecule has 0 bridgehead atoms. The third-order valence-electron chi connectivity index (χ3n) is 2.20. The summed E-state index contributed by atoms with van der Waals surface area (Å²) in [4.78, 5) is 2.17. The molecule has 0 spiro atoms. The van der Waals surface area contributed by atoms with Gasteiger partial charge in [0.05, 0.1) is 7.11 Å². The number of hydrogen-bond acceptors (Lipinski definition) is 3. The molecular weight excluding hydrogens is 256 g/mol. The van der Waals surface area contributed by atoms with Gasteiger partial charge in [0, 0.05) is 29.7 Å². The van der Waals surface area contributed by atoms with Crippen molar-refractivity contribution in [2.45, 2.75) is 6.54 Å². The average Bonchev–Trinajstić information content (AvgIpc) is 2.21. The van der Waals surface area contributed by atoms with Gasteiger partial charge in [-0.2, -0.15) is 0 Å². The van der Waals surface area contributed by atoms with Gasteiger partial charge in [0.25, 0.3) is 0 Å². The second-order valence-corrected chi connectivity index (χ2v) is 4.40. The smallest absolute Gasteiger partial charge is 0.124 e. The van der Waals surface area contributed by atoms with Crippen molar-refractivity contribution in [3.05, 3.63) is 28.2 Å². The highest BCUT2D eigenvalue weighted by Gasteiger charge is 2.06. The van der Waals surface area contributed by atoms with Crippen LogP contribution in [0.15, 0.2) is 22.7 Å². The zero-order valence-corrected chi connectivity index (χ0v) is 10.8. The number of halogens is 1. The predicted molar refractivity (Wildman–Crippen MR) is 66.1 cm³/mol. The van der Waals surface area contributed by atoms with Gasteiger partial charge in [-0.15, -0.1) is 0 Å². The van der Waals surface area contributed by atoms with Gasteiger partial charge >= 0.3 is 0 Å². The molecule has 0 aromatic heterocycles. The van der Waals surface area contributed by atoms with Gasteiger partial charge in [-0.25, -0.2) is 0 Å². The van der Waals surface area contributed by atoms with Gasteiger partial charge < -0.3 is 15.4 Å². The Kier molecular flexibility index (Phi) is 5.08. The third kappa shape index (κ3) is 3.81. The Labute approximate surface area is 99.3 Å². The zero-order valence-electron chi connectivity index (χ0n) is 9.16. The fourth-order valence-corrected chi connectivity index (χ4v) is 1.78. The number of benzene rings is 1. The fraction of sp³-hybridized carbons (Fsp3) is 0.455. The van der Waals surface area contributed by atoms with E-state index in [1.807, 2.05) is 19.2 Å². The fourth-order valence-electron chi connectivity index (χ4n) is 1.44. The largest absolute Gasteiger partial charge is 0.496 e.